The highest BCUT2D eigenvalue weighted by atomic mass is 16.3. The Balaban J connectivity index is 3.47. The Morgan fingerprint density at radius 2 is 0.872 bits per heavy atom. The van der Waals surface area contributed by atoms with Crippen LogP contribution in [0, 0.1) is 23.7 Å². The summed E-state index contributed by atoms with van der Waals surface area (Å²) in [5, 5.41) is 33.6. The molecule has 0 bridgehead atoms. The van der Waals surface area contributed by atoms with Gasteiger partial charge in [0.05, 0.1) is 6.61 Å². The summed E-state index contributed by atoms with van der Waals surface area (Å²) in [5.74, 6) is -8.52. The van der Waals surface area contributed by atoms with Crippen molar-refractivity contribution in [2.24, 2.45) is 46.6 Å². The molecule has 0 fully saturated rings. The number of primary amides is 1. The molecular formula is C54H95N13O11. The van der Waals surface area contributed by atoms with E-state index in [1.807, 2.05) is 20.8 Å². The van der Waals surface area contributed by atoms with Crippen LogP contribution < -0.4 is 70.8 Å². The lowest BCUT2D eigenvalue weighted by molar-refractivity contribution is -0.136. The molecule has 0 heterocycles. The third-order valence-electron chi connectivity index (χ3n) is 13.0. The van der Waals surface area contributed by atoms with Crippen LogP contribution in [0.25, 0.3) is 0 Å². The van der Waals surface area contributed by atoms with Gasteiger partial charge in [-0.05, 0) is 87.4 Å². The number of carbonyl (C=O) groups is 10. The van der Waals surface area contributed by atoms with Crippen molar-refractivity contribution < 1.29 is 53.1 Å². The molecule has 10 amide bonds. The summed E-state index contributed by atoms with van der Waals surface area (Å²) in [5.41, 5.74) is 23.6. The molecule has 0 radical (unpaired) electrons. The van der Waals surface area contributed by atoms with Gasteiger partial charge in [0.2, 0.25) is 59.1 Å². The van der Waals surface area contributed by atoms with Crippen molar-refractivity contribution >= 4 is 59.1 Å². The van der Waals surface area contributed by atoms with E-state index in [0.717, 1.165) is 19.3 Å². The van der Waals surface area contributed by atoms with Crippen LogP contribution in [0.15, 0.2) is 30.3 Å². The van der Waals surface area contributed by atoms with Crippen LogP contribution in [0.2, 0.25) is 0 Å². The molecule has 24 heteroatoms. The highest BCUT2D eigenvalue weighted by Gasteiger charge is 2.37. The number of aliphatic hydroxyl groups excluding tert-OH is 1. The molecule has 1 aromatic rings. The molecule has 0 unspecified atom stereocenters. The van der Waals surface area contributed by atoms with E-state index in [1.54, 1.807) is 65.0 Å². The summed E-state index contributed by atoms with van der Waals surface area (Å²) in [6.07, 6.45) is 4.28. The maximum atomic E-state index is 14.5. The van der Waals surface area contributed by atoms with Crippen LogP contribution >= 0.6 is 0 Å². The molecule has 1 aromatic carbocycles. The summed E-state index contributed by atoms with van der Waals surface area (Å²) < 4.78 is 0. The minimum Gasteiger partial charge on any atom is -0.394 e. The van der Waals surface area contributed by atoms with Gasteiger partial charge in [-0.1, -0.05) is 118 Å². The summed E-state index contributed by atoms with van der Waals surface area (Å²) in [7, 11) is 0. The summed E-state index contributed by atoms with van der Waals surface area (Å²) >= 11 is 0. The van der Waals surface area contributed by atoms with E-state index < -0.39 is 126 Å². The van der Waals surface area contributed by atoms with Crippen molar-refractivity contribution in [3.05, 3.63) is 35.9 Å². The summed E-state index contributed by atoms with van der Waals surface area (Å²) in [6, 6.07) is -2.42. The number of aliphatic hydroxyl groups is 1. The van der Waals surface area contributed by atoms with E-state index >= 15 is 0 Å². The van der Waals surface area contributed by atoms with Gasteiger partial charge < -0.3 is 75.9 Å². The third kappa shape index (κ3) is 25.9. The minimum absolute atomic E-state index is 0.0557. The Morgan fingerprint density at radius 3 is 1.32 bits per heavy atom. The molecule has 0 spiro atoms. The molecule has 0 aliphatic carbocycles. The Morgan fingerprint density at radius 1 is 0.474 bits per heavy atom. The molecule has 1 rings (SSSR count). The van der Waals surface area contributed by atoms with Crippen LogP contribution in [0.5, 0.6) is 0 Å². The number of carbonyl (C=O) groups excluding carboxylic acids is 10. The Labute approximate surface area is 461 Å². The SMILES string of the molecule is CCCCCCC(=O)N[C@@H](CCN)C(=O)N[C@H](C(=O)N[C@@H](CCN)C(=O)N[C@H](Cc1ccccc1)C(=O)N[C@@H](CC(C)C)C(=O)N[C@@H](CCN)C(=O)N[C@@H](C(=O)N[C@@H](CC(C)C)C(=O)N[C@@H](CO)C(N)=O)C(C)C)[C@@H](C)CC. The molecule has 0 saturated heterocycles. The second-order valence-electron chi connectivity index (χ2n) is 21.2. The quantitative estimate of drug-likeness (QED) is 0.0348. The second-order valence-corrected chi connectivity index (χ2v) is 21.2. The lowest BCUT2D eigenvalue weighted by Gasteiger charge is -2.30. The van der Waals surface area contributed by atoms with Gasteiger partial charge in [0, 0.05) is 12.8 Å². The number of benzene rings is 1. The van der Waals surface area contributed by atoms with E-state index in [1.165, 1.54) is 0 Å². The van der Waals surface area contributed by atoms with Gasteiger partial charge in [-0.25, -0.2) is 0 Å². The van der Waals surface area contributed by atoms with Gasteiger partial charge in [0.15, 0.2) is 0 Å². The smallest absolute Gasteiger partial charge is 0.243 e. The number of unbranched alkanes of at least 4 members (excludes halogenated alkanes) is 3. The predicted molar refractivity (Wildman–Crippen MR) is 297 cm³/mol. The molecule has 18 N–H and O–H groups in total. The monoisotopic (exact) mass is 1100 g/mol. The normalized spacial score (nSPS) is 15.2. The summed E-state index contributed by atoms with van der Waals surface area (Å²) in [6.45, 7) is 15.4. The minimum atomic E-state index is -1.40. The number of rotatable bonds is 39. The topological polar surface area (TPSA) is 403 Å². The first-order valence-electron chi connectivity index (χ1n) is 27.6. The Kier molecular flexibility index (Phi) is 33.6. The van der Waals surface area contributed by atoms with E-state index in [9.17, 15) is 53.1 Å². The van der Waals surface area contributed by atoms with Gasteiger partial charge in [0.25, 0.3) is 0 Å². The van der Waals surface area contributed by atoms with Crippen molar-refractivity contribution in [2.45, 2.75) is 194 Å². The number of hydrogen-bond donors (Lipinski definition) is 14. The number of nitrogens with two attached hydrogens (primary N) is 4. The van der Waals surface area contributed by atoms with Gasteiger partial charge in [-0.2, -0.15) is 0 Å². The number of amides is 10. The largest absolute Gasteiger partial charge is 0.394 e. The molecule has 24 nitrogen and oxygen atoms in total. The average Bonchev–Trinajstić information content (AvgIpc) is 3.38. The highest BCUT2D eigenvalue weighted by Crippen LogP contribution is 2.14. The van der Waals surface area contributed by atoms with Crippen molar-refractivity contribution in [2.75, 3.05) is 26.2 Å². The molecule has 0 aliphatic rings. The van der Waals surface area contributed by atoms with E-state index in [2.05, 4.69) is 54.8 Å². The maximum absolute atomic E-state index is 14.5. The highest BCUT2D eigenvalue weighted by molar-refractivity contribution is 5.98. The first-order valence-corrected chi connectivity index (χ1v) is 27.6. The van der Waals surface area contributed by atoms with E-state index in [4.69, 9.17) is 22.9 Å². The number of nitrogens with one attached hydrogen (secondary N) is 9. The fourth-order valence-electron chi connectivity index (χ4n) is 8.31. The molecule has 78 heavy (non-hydrogen) atoms. The van der Waals surface area contributed by atoms with Crippen LogP contribution in [0.1, 0.15) is 139 Å². The zero-order valence-electron chi connectivity index (χ0n) is 47.5. The lowest BCUT2D eigenvalue weighted by Crippen LogP contribution is -2.62. The van der Waals surface area contributed by atoms with Crippen LogP contribution in [0.3, 0.4) is 0 Å². The van der Waals surface area contributed by atoms with Crippen LogP contribution in [-0.4, -0.2) is 145 Å². The van der Waals surface area contributed by atoms with E-state index in [0.29, 0.717) is 18.4 Å². The molecular weight excluding hydrogens is 1010 g/mol. The van der Waals surface area contributed by atoms with Gasteiger partial charge in [0.1, 0.15) is 54.4 Å². The maximum Gasteiger partial charge on any atom is 0.243 e. The summed E-state index contributed by atoms with van der Waals surface area (Å²) in [4.78, 5) is 136. The lowest BCUT2D eigenvalue weighted by atomic mass is 9.97. The first-order chi connectivity index (χ1) is 36.9. The van der Waals surface area contributed by atoms with Gasteiger partial charge in [-0.15, -0.1) is 0 Å². The van der Waals surface area contributed by atoms with Crippen LogP contribution in [0.4, 0.5) is 0 Å². The van der Waals surface area contributed by atoms with E-state index in [-0.39, 0.29) is 82.3 Å². The fourth-order valence-corrected chi connectivity index (χ4v) is 8.31. The fraction of sp³-hybridized carbons (Fsp3) is 0.704. The van der Waals surface area contributed by atoms with Crippen molar-refractivity contribution in [3.8, 4) is 0 Å². The first kappa shape index (κ1) is 69.8. The predicted octanol–water partition coefficient (Wildman–Crippen LogP) is -1.12. The van der Waals surface area contributed by atoms with Gasteiger partial charge >= 0.3 is 0 Å². The van der Waals surface area contributed by atoms with Crippen molar-refractivity contribution in [1.29, 1.82) is 0 Å². The zero-order chi connectivity index (χ0) is 59.1. The van der Waals surface area contributed by atoms with Crippen molar-refractivity contribution in [3.63, 3.8) is 0 Å². The molecule has 0 aliphatic heterocycles. The molecule has 442 valence electrons. The average molecular weight is 1100 g/mol. The number of hydrogen-bond acceptors (Lipinski definition) is 14. The third-order valence-corrected chi connectivity index (χ3v) is 13.0. The zero-order valence-corrected chi connectivity index (χ0v) is 47.5. The Bertz CT molecular complexity index is 2060. The second kappa shape index (κ2) is 37.6. The van der Waals surface area contributed by atoms with Crippen LogP contribution in [-0.2, 0) is 54.4 Å². The molecule has 0 aromatic heterocycles. The molecule has 10 atom stereocenters. The standard InChI is InChI=1S/C54H95N13O11/c1-10-12-13-17-20-43(69)59-36(21-24-55)48(72)67-45(34(9)11-2)54(78)61-37(22-25-56)47(71)63-41(29-35-18-15-14-16-19-35)52(76)62-39(27-31(3)4)50(74)60-38(23-26-57)49(73)66-44(33(7)8)53(77)64-40(28-32(5)6)51(75)65-42(30-68)46(58)70/h14-16,18-19,31-34,36-42,44-45,68H,10-13,17,20-30,55-57H2,1-9H3,(H2,58,70)(H,59,69)(H,60,74)(H,61,78)(H,62,76)(H,63,71)(H,64,77)(H,65,75)(H,66,73)(H,67,72)/t34-,36-,37-,38-,39-,40-,41+,42-,44+,45-/m0/s1. The van der Waals surface area contributed by atoms with Gasteiger partial charge in [-0.3, -0.25) is 47.9 Å². The molecule has 0 saturated carbocycles. The Hall–Kier alpha value is -6.24. The van der Waals surface area contributed by atoms with Crippen molar-refractivity contribution in [1.82, 2.24) is 47.9 Å².